The number of nitrogen functional groups attached to an aromatic ring is 1. The second-order valence-corrected chi connectivity index (χ2v) is 4.51. The molecule has 2 rings (SSSR count). The number of carbonyl (C=O) groups excluding carboxylic acids is 1. The Labute approximate surface area is 120 Å². The lowest BCUT2D eigenvalue weighted by Gasteiger charge is -2.06. The van der Waals surface area contributed by atoms with Crippen LogP contribution in [0.5, 0.6) is 0 Å². The number of benzene rings is 1. The number of nitrogens with two attached hydrogens (primary N) is 1. The number of amides is 1. The fourth-order valence-electron chi connectivity index (χ4n) is 1.73. The van der Waals surface area contributed by atoms with Gasteiger partial charge in [-0.25, -0.2) is 0 Å². The third-order valence-electron chi connectivity index (χ3n) is 2.80. The van der Waals surface area contributed by atoms with Crippen LogP contribution in [0, 0.1) is 11.3 Å². The third kappa shape index (κ3) is 2.58. The summed E-state index contributed by atoms with van der Waals surface area (Å²) in [6, 6.07) is 6.59. The van der Waals surface area contributed by atoms with Crippen molar-refractivity contribution in [3.63, 3.8) is 0 Å². The highest BCUT2D eigenvalue weighted by Gasteiger charge is 2.17. The largest absolute Gasteiger partial charge is 0.395 e. The normalized spacial score (nSPS) is 10.1. The molecule has 7 heteroatoms. The minimum Gasteiger partial charge on any atom is -0.395 e. The van der Waals surface area contributed by atoms with Gasteiger partial charge in [0, 0.05) is 5.02 Å². The van der Waals surface area contributed by atoms with Crippen LogP contribution in [0.25, 0.3) is 0 Å². The summed E-state index contributed by atoms with van der Waals surface area (Å²) in [5.74, 6) is -0.489. The molecule has 0 aliphatic heterocycles. The molecular weight excluding hydrogens is 278 g/mol. The van der Waals surface area contributed by atoms with Crippen LogP contribution < -0.4 is 11.1 Å². The molecule has 1 heterocycles. The molecule has 1 aromatic carbocycles. The number of aryl methyl sites for hydroxylation is 1. The van der Waals surface area contributed by atoms with Crippen LogP contribution in [0.2, 0.25) is 5.02 Å². The average molecular weight is 290 g/mol. The van der Waals surface area contributed by atoms with Crippen molar-refractivity contribution in [2.24, 2.45) is 0 Å². The number of hydrogen-bond donors (Lipinski definition) is 3. The summed E-state index contributed by atoms with van der Waals surface area (Å²) in [6.45, 7) is 1.90. The van der Waals surface area contributed by atoms with E-state index in [0.29, 0.717) is 34.1 Å². The van der Waals surface area contributed by atoms with E-state index in [1.54, 1.807) is 6.07 Å². The molecule has 0 aliphatic rings. The minimum absolute atomic E-state index is 0.103. The SMILES string of the molecule is CCc1[nH]nc(C(=O)Nc2cc(Cl)ccc2C#N)c1N. The van der Waals surface area contributed by atoms with Crippen LogP contribution in [0.15, 0.2) is 18.2 Å². The number of hydrogen-bond acceptors (Lipinski definition) is 4. The summed E-state index contributed by atoms with van der Waals surface area (Å²) >= 11 is 5.85. The van der Waals surface area contributed by atoms with E-state index in [4.69, 9.17) is 22.6 Å². The molecule has 0 bridgehead atoms. The highest BCUT2D eigenvalue weighted by atomic mass is 35.5. The number of nitriles is 1. The van der Waals surface area contributed by atoms with Crippen LogP contribution in [0.4, 0.5) is 11.4 Å². The van der Waals surface area contributed by atoms with Crippen molar-refractivity contribution in [3.05, 3.63) is 40.2 Å². The van der Waals surface area contributed by atoms with Gasteiger partial charge in [0.15, 0.2) is 5.69 Å². The zero-order chi connectivity index (χ0) is 14.7. The molecular formula is C13H12ClN5O. The van der Waals surface area contributed by atoms with Crippen LogP contribution in [0.3, 0.4) is 0 Å². The first-order valence-electron chi connectivity index (χ1n) is 5.90. The Morgan fingerprint density at radius 1 is 1.60 bits per heavy atom. The van der Waals surface area contributed by atoms with Crippen molar-refractivity contribution in [1.29, 1.82) is 5.26 Å². The van der Waals surface area contributed by atoms with Crippen molar-refractivity contribution < 1.29 is 4.79 Å². The molecule has 1 aromatic heterocycles. The molecule has 1 amide bonds. The first-order valence-corrected chi connectivity index (χ1v) is 6.28. The highest BCUT2D eigenvalue weighted by Crippen LogP contribution is 2.22. The van der Waals surface area contributed by atoms with Gasteiger partial charge in [0.1, 0.15) is 6.07 Å². The van der Waals surface area contributed by atoms with Gasteiger partial charge in [-0.2, -0.15) is 10.4 Å². The Morgan fingerprint density at radius 3 is 2.95 bits per heavy atom. The molecule has 0 aliphatic carbocycles. The number of carbonyl (C=O) groups is 1. The first kappa shape index (κ1) is 13.9. The quantitative estimate of drug-likeness (QED) is 0.806. The molecule has 0 saturated carbocycles. The predicted molar refractivity (Wildman–Crippen MR) is 76.5 cm³/mol. The van der Waals surface area contributed by atoms with Gasteiger partial charge in [-0.15, -0.1) is 0 Å². The van der Waals surface area contributed by atoms with Crippen molar-refractivity contribution >= 4 is 28.9 Å². The summed E-state index contributed by atoms with van der Waals surface area (Å²) in [5, 5.41) is 18.6. The highest BCUT2D eigenvalue weighted by molar-refractivity contribution is 6.31. The van der Waals surface area contributed by atoms with E-state index in [-0.39, 0.29) is 5.69 Å². The standard InChI is InChI=1S/C13H12ClN5O/c1-2-9-11(16)12(19-18-9)13(20)17-10-5-8(14)4-3-7(10)6-15/h3-5H,2,16H2,1H3,(H,17,20)(H,18,19). The number of rotatable bonds is 3. The Hall–Kier alpha value is -2.52. The minimum atomic E-state index is -0.489. The van der Waals surface area contributed by atoms with Crippen molar-refractivity contribution in [3.8, 4) is 6.07 Å². The van der Waals surface area contributed by atoms with Crippen molar-refractivity contribution in [2.75, 3.05) is 11.1 Å². The van der Waals surface area contributed by atoms with E-state index in [9.17, 15) is 4.79 Å². The summed E-state index contributed by atoms with van der Waals surface area (Å²) in [6.07, 6.45) is 0.646. The summed E-state index contributed by atoms with van der Waals surface area (Å²) in [7, 11) is 0. The van der Waals surface area contributed by atoms with E-state index in [0.717, 1.165) is 0 Å². The van der Waals surface area contributed by atoms with Crippen LogP contribution >= 0.6 is 11.6 Å². The number of aromatic amines is 1. The van der Waals surface area contributed by atoms with Gasteiger partial charge in [-0.1, -0.05) is 18.5 Å². The molecule has 0 radical (unpaired) electrons. The molecule has 0 saturated heterocycles. The number of aromatic nitrogens is 2. The molecule has 0 fully saturated rings. The Bertz CT molecular complexity index is 701. The summed E-state index contributed by atoms with van der Waals surface area (Å²) in [5.41, 5.74) is 7.57. The van der Waals surface area contributed by atoms with Gasteiger partial charge >= 0.3 is 0 Å². The van der Waals surface area contributed by atoms with Gasteiger partial charge in [-0.3, -0.25) is 9.89 Å². The maximum atomic E-state index is 12.1. The van der Waals surface area contributed by atoms with Gasteiger partial charge < -0.3 is 11.1 Å². The molecule has 20 heavy (non-hydrogen) atoms. The second kappa shape index (κ2) is 5.63. The molecule has 2 aromatic rings. The van der Waals surface area contributed by atoms with Gasteiger partial charge in [0.05, 0.1) is 22.6 Å². The van der Waals surface area contributed by atoms with E-state index in [1.165, 1.54) is 12.1 Å². The molecule has 0 atom stereocenters. The summed E-state index contributed by atoms with van der Waals surface area (Å²) in [4.78, 5) is 12.1. The zero-order valence-corrected chi connectivity index (χ0v) is 11.5. The number of H-pyrrole nitrogens is 1. The average Bonchev–Trinajstić information content (AvgIpc) is 2.80. The maximum absolute atomic E-state index is 12.1. The maximum Gasteiger partial charge on any atom is 0.278 e. The lowest BCUT2D eigenvalue weighted by atomic mass is 10.2. The van der Waals surface area contributed by atoms with Crippen LogP contribution in [0.1, 0.15) is 28.7 Å². The molecule has 6 nitrogen and oxygen atoms in total. The number of nitrogens with one attached hydrogen (secondary N) is 2. The molecule has 0 unspecified atom stereocenters. The number of halogens is 1. The lowest BCUT2D eigenvalue weighted by molar-refractivity contribution is 0.102. The van der Waals surface area contributed by atoms with Crippen LogP contribution in [-0.2, 0) is 6.42 Å². The summed E-state index contributed by atoms with van der Waals surface area (Å²) < 4.78 is 0. The van der Waals surface area contributed by atoms with E-state index in [2.05, 4.69) is 15.5 Å². The Balaban J connectivity index is 2.30. The van der Waals surface area contributed by atoms with E-state index >= 15 is 0 Å². The van der Waals surface area contributed by atoms with Gasteiger partial charge in [0.25, 0.3) is 5.91 Å². The predicted octanol–water partition coefficient (Wildman–Crippen LogP) is 2.33. The molecule has 102 valence electrons. The van der Waals surface area contributed by atoms with Crippen LogP contribution in [-0.4, -0.2) is 16.1 Å². The second-order valence-electron chi connectivity index (χ2n) is 4.07. The van der Waals surface area contributed by atoms with Crippen molar-refractivity contribution in [1.82, 2.24) is 10.2 Å². The van der Waals surface area contributed by atoms with Crippen molar-refractivity contribution in [2.45, 2.75) is 13.3 Å². The fraction of sp³-hybridized carbons (Fsp3) is 0.154. The lowest BCUT2D eigenvalue weighted by Crippen LogP contribution is -2.15. The topological polar surface area (TPSA) is 108 Å². The zero-order valence-electron chi connectivity index (χ0n) is 10.7. The number of nitrogens with zero attached hydrogens (tertiary/aromatic N) is 2. The third-order valence-corrected chi connectivity index (χ3v) is 3.04. The molecule has 4 N–H and O–H groups in total. The Morgan fingerprint density at radius 2 is 2.35 bits per heavy atom. The Kier molecular flexibility index (Phi) is 3.91. The smallest absolute Gasteiger partial charge is 0.278 e. The van der Waals surface area contributed by atoms with E-state index < -0.39 is 5.91 Å². The monoisotopic (exact) mass is 289 g/mol. The molecule has 0 spiro atoms. The van der Waals surface area contributed by atoms with Gasteiger partial charge in [0.2, 0.25) is 0 Å². The fourth-order valence-corrected chi connectivity index (χ4v) is 1.90. The van der Waals surface area contributed by atoms with Gasteiger partial charge in [-0.05, 0) is 24.6 Å². The first-order chi connectivity index (χ1) is 9.56. The van der Waals surface area contributed by atoms with E-state index in [1.807, 2.05) is 13.0 Å². The number of anilines is 2.